The Balaban J connectivity index is 1.57. The molecule has 1 amide bonds. The maximum Gasteiger partial charge on any atom is 0.271 e. The number of hydrogen-bond donors (Lipinski definition) is 1. The molecule has 1 aliphatic heterocycles. The van der Waals surface area contributed by atoms with E-state index in [1.54, 1.807) is 31.8 Å². The van der Waals surface area contributed by atoms with Crippen LogP contribution in [0.25, 0.3) is 17.0 Å². The molecule has 1 atom stereocenters. The summed E-state index contributed by atoms with van der Waals surface area (Å²) in [6, 6.07) is 22.1. The average Bonchev–Trinajstić information content (AvgIpc) is 3.48. The molecule has 2 aromatic heterocycles. The molecule has 0 unspecified atom stereocenters. The second kappa shape index (κ2) is 11.9. The molecule has 0 aliphatic carbocycles. The Bertz CT molecular complexity index is 2140. The number of aromatic nitrogens is 2. The van der Waals surface area contributed by atoms with E-state index in [1.807, 2.05) is 66.7 Å². The lowest BCUT2D eigenvalue weighted by molar-refractivity contribution is -0.113. The normalized spacial score (nSPS) is 14.7. The largest absolute Gasteiger partial charge is 0.493 e. The van der Waals surface area contributed by atoms with E-state index in [4.69, 9.17) is 14.5 Å². The zero-order valence-corrected chi connectivity index (χ0v) is 25.8. The Morgan fingerprint density at radius 1 is 1.02 bits per heavy atom. The highest BCUT2D eigenvalue weighted by atomic mass is 32.1. The smallest absolute Gasteiger partial charge is 0.271 e. The van der Waals surface area contributed by atoms with Gasteiger partial charge in [0.1, 0.15) is 0 Å². The molecule has 1 N–H and O–H groups in total. The number of methoxy groups -OCH3 is 2. The topological polar surface area (TPSA) is 86.8 Å². The van der Waals surface area contributed by atoms with Gasteiger partial charge in [0, 0.05) is 34.4 Å². The van der Waals surface area contributed by atoms with Gasteiger partial charge in [-0.1, -0.05) is 59.9 Å². The van der Waals surface area contributed by atoms with Gasteiger partial charge in [0.05, 0.1) is 36.1 Å². The molecule has 1 aliphatic rings. The molecule has 0 saturated carbocycles. The molecule has 222 valence electrons. The van der Waals surface area contributed by atoms with Gasteiger partial charge in [0.25, 0.3) is 11.5 Å². The first kappa shape index (κ1) is 28.9. The summed E-state index contributed by atoms with van der Waals surface area (Å²) in [6.07, 6.45) is 3.81. The average molecular weight is 605 g/mol. The van der Waals surface area contributed by atoms with Gasteiger partial charge in [0.15, 0.2) is 16.3 Å². The van der Waals surface area contributed by atoms with Crippen molar-refractivity contribution >= 4 is 39.9 Å². The van der Waals surface area contributed by atoms with Crippen molar-refractivity contribution in [3.8, 4) is 11.5 Å². The lowest BCUT2D eigenvalue weighted by atomic mass is 9.94. The van der Waals surface area contributed by atoms with Gasteiger partial charge in [-0.15, -0.1) is 6.58 Å². The number of carbonyl (C=O) groups excluding carboxylic acids is 1. The lowest BCUT2D eigenvalue weighted by Gasteiger charge is -2.26. The fourth-order valence-electron chi connectivity index (χ4n) is 5.81. The molecule has 9 heteroatoms. The zero-order chi connectivity index (χ0) is 31.0. The molecule has 5 aromatic rings. The minimum atomic E-state index is -0.750. The quantitative estimate of drug-likeness (QED) is 0.242. The van der Waals surface area contributed by atoms with Crippen LogP contribution >= 0.6 is 11.3 Å². The highest BCUT2D eigenvalue weighted by Crippen LogP contribution is 2.36. The van der Waals surface area contributed by atoms with Gasteiger partial charge in [-0.3, -0.25) is 14.2 Å². The van der Waals surface area contributed by atoms with E-state index in [9.17, 15) is 9.59 Å². The number of carbonyl (C=O) groups is 1. The van der Waals surface area contributed by atoms with Crippen molar-refractivity contribution < 1.29 is 14.3 Å². The Morgan fingerprint density at radius 2 is 1.75 bits per heavy atom. The van der Waals surface area contributed by atoms with Crippen LogP contribution in [0.3, 0.4) is 0 Å². The lowest BCUT2D eigenvalue weighted by Crippen LogP contribution is -2.40. The molecule has 0 radical (unpaired) electrons. The van der Waals surface area contributed by atoms with Gasteiger partial charge in [-0.05, 0) is 55.8 Å². The SMILES string of the molecule is C=CCn1c(C)c(/C=c2\sc3n(c2=O)[C@@H](c2ccc(OC)c(OC)c2)C(C(=O)Nc2ccccc2)=C(C)N=3)c2ccccc21. The van der Waals surface area contributed by atoms with Crippen LogP contribution in [0.15, 0.2) is 107 Å². The van der Waals surface area contributed by atoms with Gasteiger partial charge < -0.3 is 19.4 Å². The van der Waals surface area contributed by atoms with Gasteiger partial charge >= 0.3 is 0 Å². The Hall–Kier alpha value is -5.15. The number of fused-ring (bicyclic) bond motifs is 2. The maximum absolute atomic E-state index is 14.3. The van der Waals surface area contributed by atoms with Crippen LogP contribution in [0.2, 0.25) is 0 Å². The number of rotatable bonds is 8. The predicted octanol–water partition coefficient (Wildman–Crippen LogP) is 5.34. The molecule has 44 heavy (non-hydrogen) atoms. The summed E-state index contributed by atoms with van der Waals surface area (Å²) in [5.74, 6) is 0.705. The number of thiazole rings is 1. The second-order valence-electron chi connectivity index (χ2n) is 10.4. The third-order valence-electron chi connectivity index (χ3n) is 7.89. The molecule has 0 bridgehead atoms. The summed E-state index contributed by atoms with van der Waals surface area (Å²) in [5.41, 5.74) is 5.09. The van der Waals surface area contributed by atoms with E-state index < -0.39 is 6.04 Å². The van der Waals surface area contributed by atoms with Crippen molar-refractivity contribution in [3.63, 3.8) is 0 Å². The van der Waals surface area contributed by atoms with Crippen molar-refractivity contribution in [1.82, 2.24) is 9.13 Å². The molecular weight excluding hydrogens is 572 g/mol. The standard InChI is InChI=1S/C35H32N4O4S/c1-6-18-38-22(3)26(25-14-10-11-15-27(25)38)20-30-34(41)39-32(23-16-17-28(42-4)29(19-23)43-5)31(21(2)36-35(39)44-30)33(40)37-24-12-8-7-9-13-24/h6-17,19-20,32H,1,18H2,2-5H3,(H,37,40)/b30-20-/t32-/m0/s1. The third-order valence-corrected chi connectivity index (χ3v) is 8.87. The minimum Gasteiger partial charge on any atom is -0.493 e. The van der Waals surface area contributed by atoms with Gasteiger partial charge in [-0.2, -0.15) is 0 Å². The van der Waals surface area contributed by atoms with Crippen LogP contribution in [0.5, 0.6) is 11.5 Å². The molecule has 0 fully saturated rings. The summed E-state index contributed by atoms with van der Waals surface area (Å²) in [7, 11) is 3.12. The van der Waals surface area contributed by atoms with Crippen molar-refractivity contribution in [2.75, 3.05) is 19.5 Å². The van der Waals surface area contributed by atoms with E-state index >= 15 is 0 Å². The molecule has 0 spiro atoms. The zero-order valence-electron chi connectivity index (χ0n) is 25.0. The first-order chi connectivity index (χ1) is 21.4. The first-order valence-corrected chi connectivity index (χ1v) is 15.0. The number of nitrogens with one attached hydrogen (secondary N) is 1. The number of anilines is 1. The minimum absolute atomic E-state index is 0.231. The highest BCUT2D eigenvalue weighted by Gasteiger charge is 2.33. The number of amides is 1. The van der Waals surface area contributed by atoms with Crippen molar-refractivity contribution in [2.24, 2.45) is 4.99 Å². The number of benzene rings is 3. The maximum atomic E-state index is 14.3. The van der Waals surface area contributed by atoms with Crippen LogP contribution in [0.1, 0.15) is 29.8 Å². The van der Waals surface area contributed by atoms with Crippen LogP contribution in [-0.2, 0) is 11.3 Å². The Morgan fingerprint density at radius 3 is 2.48 bits per heavy atom. The van der Waals surface area contributed by atoms with Crippen molar-refractivity contribution in [2.45, 2.75) is 26.4 Å². The Labute approximate surface area is 258 Å². The molecule has 8 nitrogen and oxygen atoms in total. The molecule has 3 heterocycles. The monoisotopic (exact) mass is 604 g/mol. The third kappa shape index (κ3) is 4.95. The highest BCUT2D eigenvalue weighted by molar-refractivity contribution is 7.07. The van der Waals surface area contributed by atoms with Crippen LogP contribution < -0.4 is 29.7 Å². The number of nitrogens with zero attached hydrogens (tertiary/aromatic N) is 3. The van der Waals surface area contributed by atoms with Crippen LogP contribution in [0.4, 0.5) is 5.69 Å². The predicted molar refractivity (Wildman–Crippen MR) is 175 cm³/mol. The summed E-state index contributed by atoms with van der Waals surface area (Å²) in [4.78, 5) is 33.5. The molecule has 3 aromatic carbocycles. The van der Waals surface area contributed by atoms with E-state index in [-0.39, 0.29) is 11.5 Å². The van der Waals surface area contributed by atoms with Crippen LogP contribution in [-0.4, -0.2) is 29.3 Å². The fourth-order valence-corrected chi connectivity index (χ4v) is 6.83. The molecule has 6 rings (SSSR count). The second-order valence-corrected chi connectivity index (χ2v) is 11.4. The molecular formula is C35H32N4O4S. The summed E-state index contributed by atoms with van der Waals surface area (Å²) in [5, 5.41) is 4.04. The summed E-state index contributed by atoms with van der Waals surface area (Å²) >= 11 is 1.31. The van der Waals surface area contributed by atoms with Gasteiger partial charge in [0.2, 0.25) is 0 Å². The number of para-hydroxylation sites is 2. The van der Waals surface area contributed by atoms with E-state index in [2.05, 4.69) is 35.5 Å². The van der Waals surface area contributed by atoms with Crippen molar-refractivity contribution in [3.05, 3.63) is 133 Å². The summed E-state index contributed by atoms with van der Waals surface area (Å²) in [6.45, 7) is 8.43. The van der Waals surface area contributed by atoms with E-state index in [0.29, 0.717) is 49.9 Å². The number of allylic oxidation sites excluding steroid dienone is 2. The fraction of sp³-hybridized carbons (Fsp3) is 0.171. The van der Waals surface area contributed by atoms with E-state index in [1.165, 1.54) is 11.3 Å². The number of ether oxygens (including phenoxy) is 2. The number of hydrogen-bond acceptors (Lipinski definition) is 6. The molecule has 0 saturated heterocycles. The van der Waals surface area contributed by atoms with E-state index in [0.717, 1.165) is 22.2 Å². The first-order valence-electron chi connectivity index (χ1n) is 14.2. The Kier molecular flexibility index (Phi) is 7.80. The summed E-state index contributed by atoms with van der Waals surface area (Å²) < 4.78 is 15.4. The van der Waals surface area contributed by atoms with Crippen LogP contribution in [0, 0.1) is 6.92 Å². The van der Waals surface area contributed by atoms with Crippen molar-refractivity contribution in [1.29, 1.82) is 0 Å². The van der Waals surface area contributed by atoms with Gasteiger partial charge in [-0.25, -0.2) is 4.99 Å².